The Hall–Kier alpha value is -1.86. The maximum atomic E-state index is 13.7. The lowest BCUT2D eigenvalue weighted by molar-refractivity contribution is -0.129. The molecule has 2 aromatic rings. The number of likely N-dealkylation sites (N-methyl/N-ethyl adjacent to an activating group) is 1. The lowest BCUT2D eigenvalue weighted by Crippen LogP contribution is -2.50. The number of imidazole rings is 1. The van der Waals surface area contributed by atoms with Crippen molar-refractivity contribution in [1.29, 1.82) is 0 Å². The third kappa shape index (κ3) is 3.18. The third-order valence-corrected chi connectivity index (χ3v) is 4.57. The maximum absolute atomic E-state index is 13.7. The molecule has 1 amide bonds. The minimum atomic E-state index is -1.00. The van der Waals surface area contributed by atoms with Gasteiger partial charge in [0.1, 0.15) is 12.7 Å². The molecule has 0 bridgehead atoms. The van der Waals surface area contributed by atoms with E-state index >= 15 is 0 Å². The van der Waals surface area contributed by atoms with E-state index in [0.29, 0.717) is 36.0 Å². The number of nitrogens with zero attached hydrogens (tertiary/aromatic N) is 4. The van der Waals surface area contributed by atoms with Gasteiger partial charge < -0.3 is 20.1 Å². The molecule has 0 aliphatic carbocycles. The number of carbonyl (C=O) groups excluding carboxylic acids is 1. The molecule has 6 nitrogen and oxygen atoms in total. The molecule has 3 rings (SSSR count). The van der Waals surface area contributed by atoms with E-state index in [2.05, 4.69) is 4.98 Å². The van der Waals surface area contributed by atoms with Crippen LogP contribution >= 0.6 is 11.6 Å². The van der Waals surface area contributed by atoms with E-state index in [1.165, 1.54) is 4.90 Å². The molecule has 8 heteroatoms. The van der Waals surface area contributed by atoms with Crippen LogP contribution in [0.1, 0.15) is 6.42 Å². The zero-order valence-corrected chi connectivity index (χ0v) is 14.5. The average Bonchev–Trinajstić information content (AvgIpc) is 2.87. The molecule has 1 aromatic carbocycles. The van der Waals surface area contributed by atoms with Gasteiger partial charge in [0.15, 0.2) is 0 Å². The fourth-order valence-corrected chi connectivity index (χ4v) is 3.07. The first-order valence-corrected chi connectivity index (χ1v) is 8.25. The molecule has 130 valence electrons. The van der Waals surface area contributed by atoms with Gasteiger partial charge in [0.2, 0.25) is 11.9 Å². The predicted molar refractivity (Wildman–Crippen MR) is 93.1 cm³/mol. The second-order valence-electron chi connectivity index (χ2n) is 6.33. The minimum absolute atomic E-state index is 0.0461. The van der Waals surface area contributed by atoms with E-state index in [1.54, 1.807) is 26.2 Å². The summed E-state index contributed by atoms with van der Waals surface area (Å²) in [5.41, 5.74) is 7.40. The Morgan fingerprint density at radius 2 is 2.25 bits per heavy atom. The number of alkyl halides is 1. The Bertz CT molecular complexity index is 762. The summed E-state index contributed by atoms with van der Waals surface area (Å²) >= 11 is 6.06. The Morgan fingerprint density at radius 1 is 1.50 bits per heavy atom. The number of carbonyl (C=O) groups is 1. The van der Waals surface area contributed by atoms with Crippen LogP contribution in [0, 0.1) is 0 Å². The number of hydrogen-bond acceptors (Lipinski definition) is 4. The van der Waals surface area contributed by atoms with Crippen LogP contribution in [0.5, 0.6) is 0 Å². The molecule has 0 saturated carbocycles. The maximum Gasteiger partial charge on any atom is 0.242 e. The molecule has 0 radical (unpaired) electrons. The second-order valence-corrected chi connectivity index (χ2v) is 6.77. The van der Waals surface area contributed by atoms with Gasteiger partial charge in [-0.2, -0.15) is 0 Å². The van der Waals surface area contributed by atoms with E-state index in [9.17, 15) is 9.18 Å². The van der Waals surface area contributed by atoms with Crippen LogP contribution in [-0.4, -0.2) is 59.8 Å². The van der Waals surface area contributed by atoms with Crippen molar-refractivity contribution in [2.75, 3.05) is 32.1 Å². The normalized spacial score (nSPS) is 21.3. The Balaban J connectivity index is 2.03. The Kier molecular flexibility index (Phi) is 4.64. The number of aromatic nitrogens is 2. The first-order chi connectivity index (χ1) is 11.4. The number of piperidine rings is 1. The van der Waals surface area contributed by atoms with Crippen LogP contribution in [0.4, 0.5) is 10.3 Å². The zero-order valence-electron chi connectivity index (χ0n) is 13.7. The van der Waals surface area contributed by atoms with Gasteiger partial charge in [0.25, 0.3) is 0 Å². The van der Waals surface area contributed by atoms with Crippen LogP contribution in [0.3, 0.4) is 0 Å². The molecular formula is C16H21ClFN5O. The summed E-state index contributed by atoms with van der Waals surface area (Å²) in [4.78, 5) is 20.3. The SMILES string of the molecule is CN(C)C(=O)Cn1c(N2CC[C@H](F)[C@H](N)C2)nc2cc(Cl)ccc21. The third-order valence-electron chi connectivity index (χ3n) is 4.34. The molecule has 24 heavy (non-hydrogen) atoms. The molecule has 1 fully saturated rings. The summed E-state index contributed by atoms with van der Waals surface area (Å²) < 4.78 is 15.5. The van der Waals surface area contributed by atoms with Gasteiger partial charge in [-0.1, -0.05) is 11.6 Å². The van der Waals surface area contributed by atoms with Crippen molar-refractivity contribution in [1.82, 2.24) is 14.5 Å². The fraction of sp³-hybridized carbons (Fsp3) is 0.500. The van der Waals surface area contributed by atoms with Crippen molar-refractivity contribution < 1.29 is 9.18 Å². The van der Waals surface area contributed by atoms with Crippen molar-refractivity contribution in [2.45, 2.75) is 25.2 Å². The summed E-state index contributed by atoms with van der Waals surface area (Å²) in [6.07, 6.45) is -0.649. The number of anilines is 1. The summed E-state index contributed by atoms with van der Waals surface area (Å²) in [6, 6.07) is 4.82. The van der Waals surface area contributed by atoms with Gasteiger partial charge in [-0.05, 0) is 24.6 Å². The number of benzene rings is 1. The van der Waals surface area contributed by atoms with Crippen LogP contribution in [0.15, 0.2) is 18.2 Å². The quantitative estimate of drug-likeness (QED) is 0.911. The first-order valence-electron chi connectivity index (χ1n) is 7.87. The van der Waals surface area contributed by atoms with Crippen molar-refractivity contribution in [2.24, 2.45) is 5.73 Å². The molecule has 1 saturated heterocycles. The van der Waals surface area contributed by atoms with E-state index in [-0.39, 0.29) is 12.5 Å². The van der Waals surface area contributed by atoms with Gasteiger partial charge in [-0.15, -0.1) is 0 Å². The van der Waals surface area contributed by atoms with Gasteiger partial charge in [-0.3, -0.25) is 4.79 Å². The molecule has 1 aliphatic heterocycles. The topological polar surface area (TPSA) is 67.4 Å². The molecule has 0 spiro atoms. The predicted octanol–water partition coefficient (Wildman–Crippen LogP) is 1.65. The summed E-state index contributed by atoms with van der Waals surface area (Å²) in [6.45, 7) is 1.04. The summed E-state index contributed by atoms with van der Waals surface area (Å²) in [5, 5.41) is 0.580. The smallest absolute Gasteiger partial charge is 0.242 e. The molecule has 1 aromatic heterocycles. The molecule has 2 atom stereocenters. The highest BCUT2D eigenvalue weighted by Crippen LogP contribution is 2.27. The number of fused-ring (bicyclic) bond motifs is 1. The van der Waals surface area contributed by atoms with E-state index in [4.69, 9.17) is 17.3 Å². The van der Waals surface area contributed by atoms with E-state index in [1.807, 2.05) is 15.5 Å². The Labute approximate surface area is 145 Å². The lowest BCUT2D eigenvalue weighted by Gasteiger charge is -2.34. The van der Waals surface area contributed by atoms with Gasteiger partial charge in [-0.25, -0.2) is 9.37 Å². The molecular weight excluding hydrogens is 333 g/mol. The number of hydrogen-bond donors (Lipinski definition) is 1. The van der Waals surface area contributed by atoms with Crippen molar-refractivity contribution in [3.05, 3.63) is 23.2 Å². The van der Waals surface area contributed by atoms with Gasteiger partial charge in [0, 0.05) is 32.2 Å². The first kappa shape index (κ1) is 17.0. The number of halogens is 2. The van der Waals surface area contributed by atoms with E-state index < -0.39 is 12.2 Å². The van der Waals surface area contributed by atoms with Crippen molar-refractivity contribution in [3.8, 4) is 0 Å². The molecule has 2 heterocycles. The van der Waals surface area contributed by atoms with E-state index in [0.717, 1.165) is 5.52 Å². The van der Waals surface area contributed by atoms with Crippen molar-refractivity contribution in [3.63, 3.8) is 0 Å². The number of amides is 1. The monoisotopic (exact) mass is 353 g/mol. The zero-order chi connectivity index (χ0) is 17.4. The Morgan fingerprint density at radius 3 is 2.92 bits per heavy atom. The second kappa shape index (κ2) is 6.57. The molecule has 2 N–H and O–H groups in total. The largest absolute Gasteiger partial charge is 0.347 e. The van der Waals surface area contributed by atoms with Crippen LogP contribution in [0.25, 0.3) is 11.0 Å². The molecule has 0 unspecified atom stereocenters. The van der Waals surface area contributed by atoms with Crippen LogP contribution in [-0.2, 0) is 11.3 Å². The van der Waals surface area contributed by atoms with Gasteiger partial charge in [0.05, 0.1) is 17.1 Å². The summed E-state index contributed by atoms with van der Waals surface area (Å²) in [5.74, 6) is 0.583. The highest BCUT2D eigenvalue weighted by Gasteiger charge is 2.29. The molecule has 1 aliphatic rings. The van der Waals surface area contributed by atoms with Crippen molar-refractivity contribution >= 4 is 34.5 Å². The average molecular weight is 354 g/mol. The highest BCUT2D eigenvalue weighted by molar-refractivity contribution is 6.31. The van der Waals surface area contributed by atoms with Gasteiger partial charge >= 0.3 is 0 Å². The standard InChI is InChI=1S/C16H21ClFN5O/c1-21(2)15(24)9-23-14-4-3-10(17)7-13(14)20-16(23)22-6-5-11(18)12(19)8-22/h3-4,7,11-12H,5-6,8-9,19H2,1-2H3/t11-,12+/m0/s1. The minimum Gasteiger partial charge on any atom is -0.347 e. The highest BCUT2D eigenvalue weighted by atomic mass is 35.5. The van der Waals surface area contributed by atoms with Crippen LogP contribution in [0.2, 0.25) is 5.02 Å². The lowest BCUT2D eigenvalue weighted by atomic mass is 10.1. The number of nitrogens with two attached hydrogens (primary N) is 1. The number of rotatable bonds is 3. The summed E-state index contributed by atoms with van der Waals surface area (Å²) in [7, 11) is 3.42. The fourth-order valence-electron chi connectivity index (χ4n) is 2.90. The van der Waals surface area contributed by atoms with Crippen LogP contribution < -0.4 is 10.6 Å².